The van der Waals surface area contributed by atoms with E-state index in [0.29, 0.717) is 0 Å². The molecule has 12 heteroatoms. The standard InChI is InChI=1S/C26H25ClO10S/c1-14(28)34-21-20(13-33-25(32)19-12-8-7-11-18(19)24(27)31)37-26(38-17-9-5-4-6-10-17)23(36-16(3)30)22(21)35-15(2)29/h4-12,20-23,26H,13H2,1-3H3/t20-,21-,22+,23+,26-/m1/s1. The SMILES string of the molecule is CC(=O)O[C@@H]1[C@H](OC(C)=O)[C@@H](Sc2ccccc2)O[C@H](COC(=O)c2ccccc2C(=O)Cl)[C@H]1OC(C)=O. The fourth-order valence-corrected chi connectivity index (χ4v) is 5.08. The van der Waals surface area contributed by atoms with Gasteiger partial charge in [0.2, 0.25) is 0 Å². The molecular weight excluding hydrogens is 540 g/mol. The van der Waals surface area contributed by atoms with Crippen molar-refractivity contribution in [3.05, 3.63) is 65.7 Å². The van der Waals surface area contributed by atoms with Crippen LogP contribution in [0.4, 0.5) is 0 Å². The highest BCUT2D eigenvalue weighted by atomic mass is 35.5. The lowest BCUT2D eigenvalue weighted by atomic mass is 9.99. The van der Waals surface area contributed by atoms with Gasteiger partial charge in [0.1, 0.15) is 18.1 Å². The number of hydrogen-bond acceptors (Lipinski definition) is 11. The summed E-state index contributed by atoms with van der Waals surface area (Å²) in [5.41, 5.74) is -1.07. The van der Waals surface area contributed by atoms with Crippen LogP contribution in [0.2, 0.25) is 0 Å². The highest BCUT2D eigenvalue weighted by Gasteiger charge is 2.52. The molecule has 0 spiro atoms. The Kier molecular flexibility index (Phi) is 10.3. The number of thioether (sulfide) groups is 1. The molecule has 1 heterocycles. The second-order valence-corrected chi connectivity index (χ2v) is 9.63. The predicted octanol–water partition coefficient (Wildman–Crippen LogP) is 3.53. The van der Waals surface area contributed by atoms with Gasteiger partial charge in [0.05, 0.1) is 5.56 Å². The molecule has 2 aromatic carbocycles. The number of hydrogen-bond donors (Lipinski definition) is 0. The van der Waals surface area contributed by atoms with Gasteiger partial charge in [-0.2, -0.15) is 0 Å². The Labute approximate surface area is 227 Å². The minimum atomic E-state index is -1.30. The normalized spacial score (nSPS) is 22.6. The topological polar surface area (TPSA) is 132 Å². The van der Waals surface area contributed by atoms with E-state index in [2.05, 4.69) is 0 Å². The number of halogens is 1. The molecule has 0 aromatic heterocycles. The van der Waals surface area contributed by atoms with Crippen LogP contribution >= 0.6 is 23.4 Å². The van der Waals surface area contributed by atoms with Gasteiger partial charge in [0.15, 0.2) is 18.3 Å². The maximum Gasteiger partial charge on any atom is 0.339 e. The van der Waals surface area contributed by atoms with E-state index in [1.165, 1.54) is 43.0 Å². The quantitative estimate of drug-likeness (QED) is 0.252. The van der Waals surface area contributed by atoms with Gasteiger partial charge >= 0.3 is 23.9 Å². The summed E-state index contributed by atoms with van der Waals surface area (Å²) in [6, 6.07) is 14.8. The van der Waals surface area contributed by atoms with Crippen LogP contribution in [-0.4, -0.2) is 65.6 Å². The average molecular weight is 565 g/mol. The third-order valence-corrected chi connectivity index (χ3v) is 6.59. The van der Waals surface area contributed by atoms with Crippen molar-refractivity contribution in [2.75, 3.05) is 6.61 Å². The molecule has 1 aliphatic rings. The molecule has 0 saturated carbocycles. The van der Waals surface area contributed by atoms with Gasteiger partial charge < -0.3 is 23.7 Å². The number of benzene rings is 2. The van der Waals surface area contributed by atoms with Gasteiger partial charge in [-0.15, -0.1) is 0 Å². The monoisotopic (exact) mass is 564 g/mol. The van der Waals surface area contributed by atoms with Crippen molar-refractivity contribution in [1.82, 2.24) is 0 Å². The van der Waals surface area contributed by atoms with Crippen LogP contribution in [0, 0.1) is 0 Å². The van der Waals surface area contributed by atoms with Crippen molar-refractivity contribution in [2.24, 2.45) is 0 Å². The van der Waals surface area contributed by atoms with Crippen molar-refractivity contribution in [2.45, 2.75) is 55.5 Å². The lowest BCUT2D eigenvalue weighted by Gasteiger charge is -2.44. The van der Waals surface area contributed by atoms with Crippen LogP contribution in [0.1, 0.15) is 41.5 Å². The zero-order chi connectivity index (χ0) is 27.8. The van der Waals surface area contributed by atoms with Gasteiger partial charge in [0.25, 0.3) is 5.24 Å². The molecule has 1 fully saturated rings. The first-order valence-electron chi connectivity index (χ1n) is 11.4. The molecule has 1 aliphatic heterocycles. The molecule has 0 unspecified atom stereocenters. The summed E-state index contributed by atoms with van der Waals surface area (Å²) >= 11 is 6.75. The summed E-state index contributed by atoms with van der Waals surface area (Å²) in [5.74, 6) is -3.01. The largest absolute Gasteiger partial charge is 0.459 e. The molecule has 0 radical (unpaired) electrons. The average Bonchev–Trinajstić information content (AvgIpc) is 2.86. The smallest absolute Gasteiger partial charge is 0.339 e. The first-order chi connectivity index (χ1) is 18.1. The maximum absolute atomic E-state index is 12.8. The molecule has 0 aliphatic carbocycles. The number of carbonyl (C=O) groups is 5. The van der Waals surface area contributed by atoms with E-state index in [1.54, 1.807) is 24.3 Å². The summed E-state index contributed by atoms with van der Waals surface area (Å²) in [7, 11) is 0. The van der Waals surface area contributed by atoms with E-state index in [4.69, 9.17) is 35.3 Å². The third kappa shape index (κ3) is 7.80. The van der Waals surface area contributed by atoms with Crippen molar-refractivity contribution in [3.8, 4) is 0 Å². The molecule has 1 saturated heterocycles. The lowest BCUT2D eigenvalue weighted by Crippen LogP contribution is -2.61. The highest BCUT2D eigenvalue weighted by Crippen LogP contribution is 2.37. The van der Waals surface area contributed by atoms with Crippen LogP contribution in [0.3, 0.4) is 0 Å². The van der Waals surface area contributed by atoms with Crippen molar-refractivity contribution in [1.29, 1.82) is 0 Å². The highest BCUT2D eigenvalue weighted by molar-refractivity contribution is 7.99. The Morgan fingerprint density at radius 3 is 1.87 bits per heavy atom. The first kappa shape index (κ1) is 29.2. The van der Waals surface area contributed by atoms with E-state index < -0.39 is 65.6 Å². The number of esters is 4. The Morgan fingerprint density at radius 2 is 1.29 bits per heavy atom. The van der Waals surface area contributed by atoms with Gasteiger partial charge in [-0.1, -0.05) is 42.1 Å². The van der Waals surface area contributed by atoms with Crippen LogP contribution in [0.5, 0.6) is 0 Å². The Morgan fingerprint density at radius 1 is 0.763 bits per heavy atom. The van der Waals surface area contributed by atoms with Crippen molar-refractivity contribution < 1.29 is 47.7 Å². The van der Waals surface area contributed by atoms with E-state index in [1.807, 2.05) is 6.07 Å². The van der Waals surface area contributed by atoms with Crippen LogP contribution in [0.15, 0.2) is 59.5 Å². The first-order valence-corrected chi connectivity index (χ1v) is 12.7. The molecule has 5 atom stereocenters. The fourth-order valence-electron chi connectivity index (χ4n) is 3.79. The third-order valence-electron chi connectivity index (χ3n) is 5.23. The molecule has 202 valence electrons. The van der Waals surface area contributed by atoms with Gasteiger partial charge in [0, 0.05) is 31.2 Å². The molecule has 0 N–H and O–H groups in total. The predicted molar refractivity (Wildman–Crippen MR) is 135 cm³/mol. The summed E-state index contributed by atoms with van der Waals surface area (Å²) in [5, 5.41) is -0.845. The van der Waals surface area contributed by atoms with Crippen LogP contribution in [0.25, 0.3) is 0 Å². The molecule has 3 rings (SSSR count). The summed E-state index contributed by atoms with van der Waals surface area (Å²) in [6.45, 7) is 3.01. The van der Waals surface area contributed by atoms with Gasteiger partial charge in [-0.05, 0) is 35.9 Å². The Bertz CT molecular complexity index is 1190. The molecule has 0 bridgehead atoms. The number of carbonyl (C=O) groups excluding carboxylic acids is 5. The van der Waals surface area contributed by atoms with Crippen LogP contribution in [-0.2, 0) is 38.1 Å². The number of rotatable bonds is 9. The molecule has 0 amide bonds. The second-order valence-electron chi connectivity index (χ2n) is 8.11. The van der Waals surface area contributed by atoms with E-state index >= 15 is 0 Å². The zero-order valence-electron chi connectivity index (χ0n) is 20.7. The van der Waals surface area contributed by atoms with Gasteiger partial charge in [-0.25, -0.2) is 4.79 Å². The Balaban J connectivity index is 1.94. The molecule has 2 aromatic rings. The van der Waals surface area contributed by atoms with Gasteiger partial charge in [-0.3, -0.25) is 19.2 Å². The zero-order valence-corrected chi connectivity index (χ0v) is 22.2. The molecular formula is C26H25ClO10S. The summed E-state index contributed by atoms with van der Waals surface area (Å²) < 4.78 is 27.9. The second kappa shape index (κ2) is 13.4. The maximum atomic E-state index is 12.8. The minimum Gasteiger partial charge on any atom is -0.459 e. The van der Waals surface area contributed by atoms with Crippen molar-refractivity contribution >= 4 is 52.5 Å². The Hall–Kier alpha value is -3.41. The van der Waals surface area contributed by atoms with E-state index in [9.17, 15) is 24.0 Å². The van der Waals surface area contributed by atoms with Crippen LogP contribution < -0.4 is 0 Å². The minimum absolute atomic E-state index is 0.0505. The lowest BCUT2D eigenvalue weighted by molar-refractivity contribution is -0.236. The summed E-state index contributed by atoms with van der Waals surface area (Å²) in [4.78, 5) is 61.3. The fraction of sp³-hybridized carbons (Fsp3) is 0.346. The van der Waals surface area contributed by atoms with E-state index in [-0.39, 0.29) is 11.1 Å². The van der Waals surface area contributed by atoms with Crippen molar-refractivity contribution in [3.63, 3.8) is 0 Å². The number of ether oxygens (including phenoxy) is 5. The molecule has 38 heavy (non-hydrogen) atoms. The summed E-state index contributed by atoms with van der Waals surface area (Å²) in [6.07, 6.45) is -4.90. The molecule has 10 nitrogen and oxygen atoms in total. The van der Waals surface area contributed by atoms with E-state index in [0.717, 1.165) is 18.7 Å².